The van der Waals surface area contributed by atoms with Gasteiger partial charge in [-0.1, -0.05) is 25.5 Å². The van der Waals surface area contributed by atoms with Crippen molar-refractivity contribution in [3.63, 3.8) is 0 Å². The molecule has 5 heteroatoms. The first-order chi connectivity index (χ1) is 10.2. The Labute approximate surface area is 125 Å². The predicted octanol–water partition coefficient (Wildman–Crippen LogP) is 2.54. The molecule has 2 unspecified atom stereocenters. The number of hydrogen-bond acceptors (Lipinski definition) is 5. The van der Waals surface area contributed by atoms with Gasteiger partial charge < -0.3 is 9.47 Å². The molecule has 1 fully saturated rings. The molecule has 1 saturated heterocycles. The van der Waals surface area contributed by atoms with E-state index in [4.69, 9.17) is 14.3 Å². The third-order valence-corrected chi connectivity index (χ3v) is 3.74. The van der Waals surface area contributed by atoms with E-state index in [-0.39, 0.29) is 12.0 Å². The summed E-state index contributed by atoms with van der Waals surface area (Å²) in [7, 11) is 3.05. The highest BCUT2D eigenvalue weighted by Crippen LogP contribution is 2.27. The van der Waals surface area contributed by atoms with Gasteiger partial charge >= 0.3 is 5.97 Å². The average Bonchev–Trinajstić information content (AvgIpc) is 2.90. The number of methoxy groups -OCH3 is 2. The van der Waals surface area contributed by atoms with Crippen molar-refractivity contribution in [2.24, 2.45) is 0 Å². The molecular formula is C16H23NO4. The Balaban J connectivity index is 2.02. The molecule has 2 rings (SSSR count). The molecule has 0 saturated carbocycles. The van der Waals surface area contributed by atoms with Crippen molar-refractivity contribution < 1.29 is 19.1 Å². The van der Waals surface area contributed by atoms with E-state index in [1.165, 1.54) is 7.11 Å². The molecule has 0 spiro atoms. The lowest BCUT2D eigenvalue weighted by Crippen LogP contribution is -2.28. The van der Waals surface area contributed by atoms with Crippen LogP contribution in [-0.4, -0.2) is 37.4 Å². The molecule has 0 N–H and O–H groups in total. The second kappa shape index (κ2) is 7.43. The Kier molecular flexibility index (Phi) is 5.59. The minimum absolute atomic E-state index is 0.251. The summed E-state index contributed by atoms with van der Waals surface area (Å²) in [5, 5.41) is 1.91. The van der Waals surface area contributed by atoms with Gasteiger partial charge in [0.25, 0.3) is 0 Å². The number of rotatable bonds is 6. The lowest BCUT2D eigenvalue weighted by atomic mass is 10.1. The topological polar surface area (TPSA) is 48.0 Å². The number of carbonyl (C=O) groups excluding carboxylic acids is 1. The lowest BCUT2D eigenvalue weighted by Gasteiger charge is -2.22. The van der Waals surface area contributed by atoms with Crippen LogP contribution in [0.1, 0.15) is 31.7 Å². The van der Waals surface area contributed by atoms with Gasteiger partial charge in [-0.2, -0.15) is 5.06 Å². The summed E-state index contributed by atoms with van der Waals surface area (Å²) in [5.74, 6) is 0.534. The van der Waals surface area contributed by atoms with Crippen LogP contribution < -0.4 is 4.74 Å². The molecule has 2 atom stereocenters. The van der Waals surface area contributed by atoms with Gasteiger partial charge in [0.15, 0.2) is 6.10 Å². The Bertz CT molecular complexity index is 460. The molecule has 0 amide bonds. The van der Waals surface area contributed by atoms with Gasteiger partial charge in [-0.15, -0.1) is 0 Å². The predicted molar refractivity (Wildman–Crippen MR) is 78.7 cm³/mol. The van der Waals surface area contributed by atoms with Crippen molar-refractivity contribution in [3.8, 4) is 5.75 Å². The first-order valence-corrected chi connectivity index (χ1v) is 7.32. The number of hydrogen-bond donors (Lipinski definition) is 0. The highest BCUT2D eigenvalue weighted by Gasteiger charge is 2.37. The number of hydroxylamine groups is 2. The van der Waals surface area contributed by atoms with Crippen molar-refractivity contribution in [1.29, 1.82) is 0 Å². The highest BCUT2D eigenvalue weighted by molar-refractivity contribution is 5.74. The van der Waals surface area contributed by atoms with Crippen LogP contribution in [0, 0.1) is 0 Å². The standard InChI is InChI=1S/C16H23NO4/c1-4-5-13-10-15(16(18)20-3)21-17(13)11-12-6-8-14(19-2)9-7-12/h6-9,13,15H,4-5,10-11H2,1-3H3. The maximum Gasteiger partial charge on any atom is 0.337 e. The minimum Gasteiger partial charge on any atom is -0.497 e. The Morgan fingerprint density at radius 3 is 2.62 bits per heavy atom. The van der Waals surface area contributed by atoms with Crippen LogP contribution >= 0.6 is 0 Å². The lowest BCUT2D eigenvalue weighted by molar-refractivity contribution is -0.191. The number of carbonyl (C=O) groups is 1. The molecule has 1 aliphatic rings. The van der Waals surface area contributed by atoms with Crippen LogP contribution in [0.25, 0.3) is 0 Å². The molecule has 0 aromatic heterocycles. The molecule has 5 nitrogen and oxygen atoms in total. The zero-order valence-corrected chi connectivity index (χ0v) is 12.9. The van der Waals surface area contributed by atoms with Crippen molar-refractivity contribution in [3.05, 3.63) is 29.8 Å². The van der Waals surface area contributed by atoms with Gasteiger partial charge in [0.1, 0.15) is 5.75 Å². The second-order valence-corrected chi connectivity index (χ2v) is 5.22. The summed E-state index contributed by atoms with van der Waals surface area (Å²) in [6.07, 6.45) is 2.27. The maximum atomic E-state index is 11.7. The fourth-order valence-electron chi connectivity index (χ4n) is 2.60. The van der Waals surface area contributed by atoms with Crippen LogP contribution in [0.4, 0.5) is 0 Å². The molecule has 21 heavy (non-hydrogen) atoms. The minimum atomic E-state index is -0.482. The van der Waals surface area contributed by atoms with E-state index in [0.29, 0.717) is 13.0 Å². The van der Waals surface area contributed by atoms with Gasteiger partial charge in [0.2, 0.25) is 0 Å². The van der Waals surface area contributed by atoms with Crippen LogP contribution in [0.2, 0.25) is 0 Å². The van der Waals surface area contributed by atoms with Crippen LogP contribution in [0.5, 0.6) is 5.75 Å². The van der Waals surface area contributed by atoms with E-state index < -0.39 is 6.10 Å². The van der Waals surface area contributed by atoms with Gasteiger partial charge in [-0.3, -0.25) is 4.84 Å². The van der Waals surface area contributed by atoms with Crippen molar-refractivity contribution in [2.75, 3.05) is 14.2 Å². The second-order valence-electron chi connectivity index (χ2n) is 5.22. The molecule has 1 aromatic rings. The Morgan fingerprint density at radius 1 is 1.33 bits per heavy atom. The molecule has 0 bridgehead atoms. The molecule has 1 aromatic carbocycles. The Hall–Kier alpha value is -1.59. The van der Waals surface area contributed by atoms with Crippen LogP contribution in [-0.2, 0) is 20.9 Å². The van der Waals surface area contributed by atoms with Gasteiger partial charge in [-0.05, 0) is 24.1 Å². The largest absolute Gasteiger partial charge is 0.497 e. The van der Waals surface area contributed by atoms with Gasteiger partial charge in [0, 0.05) is 19.0 Å². The number of benzene rings is 1. The van der Waals surface area contributed by atoms with E-state index >= 15 is 0 Å². The first kappa shape index (κ1) is 15.8. The summed E-state index contributed by atoms with van der Waals surface area (Å²) in [6, 6.07) is 8.13. The zero-order chi connectivity index (χ0) is 15.2. The summed E-state index contributed by atoms with van der Waals surface area (Å²) < 4.78 is 9.94. The molecule has 0 radical (unpaired) electrons. The summed E-state index contributed by atoms with van der Waals surface area (Å²) in [5.41, 5.74) is 1.13. The van der Waals surface area contributed by atoms with Crippen LogP contribution in [0.3, 0.4) is 0 Å². The third-order valence-electron chi connectivity index (χ3n) is 3.74. The van der Waals surface area contributed by atoms with Crippen molar-refractivity contribution in [1.82, 2.24) is 5.06 Å². The highest BCUT2D eigenvalue weighted by atomic mass is 16.7. The number of nitrogens with zero attached hydrogens (tertiary/aromatic N) is 1. The maximum absolute atomic E-state index is 11.7. The van der Waals surface area contributed by atoms with Gasteiger partial charge in [-0.25, -0.2) is 4.79 Å². The van der Waals surface area contributed by atoms with Gasteiger partial charge in [0.05, 0.1) is 14.2 Å². The van der Waals surface area contributed by atoms with E-state index in [0.717, 1.165) is 24.2 Å². The molecular weight excluding hydrogens is 270 g/mol. The van der Waals surface area contributed by atoms with Crippen LogP contribution in [0.15, 0.2) is 24.3 Å². The van der Waals surface area contributed by atoms with Crippen molar-refractivity contribution in [2.45, 2.75) is 44.9 Å². The first-order valence-electron chi connectivity index (χ1n) is 7.32. The zero-order valence-electron chi connectivity index (χ0n) is 12.9. The fraction of sp³-hybridized carbons (Fsp3) is 0.562. The molecule has 1 heterocycles. The third kappa shape index (κ3) is 3.95. The van der Waals surface area contributed by atoms with E-state index in [9.17, 15) is 4.79 Å². The molecule has 1 aliphatic heterocycles. The monoisotopic (exact) mass is 293 g/mol. The van der Waals surface area contributed by atoms with E-state index in [1.807, 2.05) is 29.3 Å². The number of ether oxygens (including phenoxy) is 2. The molecule has 0 aliphatic carbocycles. The SMILES string of the molecule is CCCC1CC(C(=O)OC)ON1Cc1ccc(OC)cc1. The Morgan fingerprint density at radius 2 is 2.05 bits per heavy atom. The van der Waals surface area contributed by atoms with Crippen molar-refractivity contribution >= 4 is 5.97 Å². The normalized spacial score (nSPS) is 22.2. The fourth-order valence-corrected chi connectivity index (χ4v) is 2.60. The molecule has 116 valence electrons. The quantitative estimate of drug-likeness (QED) is 0.754. The number of esters is 1. The van der Waals surface area contributed by atoms with E-state index in [2.05, 4.69) is 6.92 Å². The summed E-state index contributed by atoms with van der Waals surface area (Å²) in [6.45, 7) is 2.79. The average molecular weight is 293 g/mol. The summed E-state index contributed by atoms with van der Waals surface area (Å²) >= 11 is 0. The van der Waals surface area contributed by atoms with E-state index in [1.54, 1.807) is 7.11 Å². The smallest absolute Gasteiger partial charge is 0.337 e. The summed E-state index contributed by atoms with van der Waals surface area (Å²) in [4.78, 5) is 17.4.